The molecule has 0 aromatic heterocycles. The maximum absolute atomic E-state index is 3.49. The zero-order valence-corrected chi connectivity index (χ0v) is 11.3. The highest BCUT2D eigenvalue weighted by Gasteiger charge is 2.10. The van der Waals surface area contributed by atoms with E-state index in [9.17, 15) is 0 Å². The molecule has 1 atom stereocenters. The molecule has 0 bridgehead atoms. The SMILES string of the molecule is CCCCN(CCNC(C)C)C(C)CC. The van der Waals surface area contributed by atoms with Crippen molar-refractivity contribution >= 4 is 0 Å². The molecule has 0 aliphatic heterocycles. The van der Waals surface area contributed by atoms with Crippen LogP contribution in [0.3, 0.4) is 0 Å². The highest BCUT2D eigenvalue weighted by molar-refractivity contribution is 4.67. The summed E-state index contributed by atoms with van der Waals surface area (Å²) in [6.07, 6.45) is 3.88. The summed E-state index contributed by atoms with van der Waals surface area (Å²) in [6, 6.07) is 1.33. The van der Waals surface area contributed by atoms with Crippen LogP contribution in [0.15, 0.2) is 0 Å². The minimum atomic E-state index is 0.606. The Morgan fingerprint density at radius 1 is 1.07 bits per heavy atom. The number of unbranched alkanes of at least 4 members (excludes halogenated alkanes) is 1. The van der Waals surface area contributed by atoms with Gasteiger partial charge in [-0.3, -0.25) is 4.90 Å². The summed E-state index contributed by atoms with van der Waals surface area (Å²) in [5.74, 6) is 0. The third-order valence-corrected chi connectivity index (χ3v) is 2.96. The molecule has 0 fully saturated rings. The van der Waals surface area contributed by atoms with Gasteiger partial charge >= 0.3 is 0 Å². The fourth-order valence-corrected chi connectivity index (χ4v) is 1.67. The fourth-order valence-electron chi connectivity index (χ4n) is 1.67. The normalized spacial score (nSPS) is 13.8. The molecule has 0 aliphatic carbocycles. The van der Waals surface area contributed by atoms with E-state index in [2.05, 4.69) is 44.8 Å². The molecule has 1 unspecified atom stereocenters. The molecule has 0 radical (unpaired) electrons. The molecule has 0 aliphatic rings. The first kappa shape index (κ1) is 14.9. The van der Waals surface area contributed by atoms with Gasteiger partial charge in [0.05, 0.1) is 0 Å². The van der Waals surface area contributed by atoms with Gasteiger partial charge in [-0.15, -0.1) is 0 Å². The lowest BCUT2D eigenvalue weighted by Crippen LogP contribution is -2.40. The predicted molar refractivity (Wildman–Crippen MR) is 69.4 cm³/mol. The van der Waals surface area contributed by atoms with E-state index in [0.29, 0.717) is 6.04 Å². The summed E-state index contributed by atoms with van der Waals surface area (Å²) in [4.78, 5) is 2.61. The van der Waals surface area contributed by atoms with Crippen molar-refractivity contribution in [1.29, 1.82) is 0 Å². The summed E-state index contributed by atoms with van der Waals surface area (Å²) in [7, 11) is 0. The standard InChI is InChI=1S/C13H30N2/c1-6-8-10-15(13(5)7-2)11-9-14-12(3)4/h12-14H,6-11H2,1-5H3. The Morgan fingerprint density at radius 2 is 1.73 bits per heavy atom. The zero-order valence-electron chi connectivity index (χ0n) is 11.3. The number of hydrogen-bond donors (Lipinski definition) is 1. The van der Waals surface area contributed by atoms with Crippen LogP contribution in [0.1, 0.15) is 53.9 Å². The summed E-state index contributed by atoms with van der Waals surface area (Å²) in [5.41, 5.74) is 0. The third kappa shape index (κ3) is 7.80. The third-order valence-electron chi connectivity index (χ3n) is 2.96. The van der Waals surface area contributed by atoms with Crippen molar-refractivity contribution in [3.63, 3.8) is 0 Å². The second-order valence-corrected chi connectivity index (χ2v) is 4.76. The number of hydrogen-bond acceptors (Lipinski definition) is 2. The van der Waals surface area contributed by atoms with Gasteiger partial charge in [-0.05, 0) is 26.3 Å². The Balaban J connectivity index is 3.79. The minimum Gasteiger partial charge on any atom is -0.313 e. The average Bonchev–Trinajstić information content (AvgIpc) is 2.21. The molecule has 0 rings (SSSR count). The van der Waals surface area contributed by atoms with Gasteiger partial charge in [0.25, 0.3) is 0 Å². The molecule has 0 amide bonds. The van der Waals surface area contributed by atoms with Gasteiger partial charge in [0, 0.05) is 25.2 Å². The van der Waals surface area contributed by atoms with E-state index in [-0.39, 0.29) is 0 Å². The Bertz CT molecular complexity index is 134. The molecule has 0 aromatic carbocycles. The van der Waals surface area contributed by atoms with Crippen molar-refractivity contribution in [2.75, 3.05) is 19.6 Å². The van der Waals surface area contributed by atoms with Crippen LogP contribution in [0, 0.1) is 0 Å². The molecule has 0 heterocycles. The molecule has 0 spiro atoms. The molecule has 2 nitrogen and oxygen atoms in total. The van der Waals surface area contributed by atoms with Crippen LogP contribution >= 0.6 is 0 Å². The lowest BCUT2D eigenvalue weighted by atomic mass is 10.2. The van der Waals surface area contributed by atoms with Crippen molar-refractivity contribution in [2.24, 2.45) is 0 Å². The quantitative estimate of drug-likeness (QED) is 0.635. The second-order valence-electron chi connectivity index (χ2n) is 4.76. The Kier molecular flexibility index (Phi) is 9.12. The van der Waals surface area contributed by atoms with E-state index in [0.717, 1.165) is 12.6 Å². The summed E-state index contributed by atoms with van der Waals surface area (Å²) in [5, 5.41) is 3.49. The van der Waals surface area contributed by atoms with E-state index in [1.54, 1.807) is 0 Å². The summed E-state index contributed by atoms with van der Waals surface area (Å²) >= 11 is 0. The fraction of sp³-hybridized carbons (Fsp3) is 1.00. The maximum Gasteiger partial charge on any atom is 0.0110 e. The number of nitrogens with one attached hydrogen (secondary N) is 1. The van der Waals surface area contributed by atoms with E-state index >= 15 is 0 Å². The van der Waals surface area contributed by atoms with Crippen molar-refractivity contribution in [3.8, 4) is 0 Å². The van der Waals surface area contributed by atoms with Crippen LogP contribution in [-0.4, -0.2) is 36.6 Å². The van der Waals surface area contributed by atoms with Crippen LogP contribution in [0.2, 0.25) is 0 Å². The van der Waals surface area contributed by atoms with E-state index in [1.807, 2.05) is 0 Å². The molecular weight excluding hydrogens is 184 g/mol. The molecule has 15 heavy (non-hydrogen) atoms. The van der Waals surface area contributed by atoms with Crippen LogP contribution in [0.25, 0.3) is 0 Å². The summed E-state index contributed by atoms with van der Waals surface area (Å²) in [6.45, 7) is 14.9. The topological polar surface area (TPSA) is 15.3 Å². The maximum atomic E-state index is 3.49. The highest BCUT2D eigenvalue weighted by atomic mass is 15.2. The first-order valence-electron chi connectivity index (χ1n) is 6.59. The Labute approximate surface area is 96.4 Å². The van der Waals surface area contributed by atoms with Gasteiger partial charge in [0.2, 0.25) is 0 Å². The van der Waals surface area contributed by atoms with Crippen LogP contribution < -0.4 is 5.32 Å². The monoisotopic (exact) mass is 214 g/mol. The smallest absolute Gasteiger partial charge is 0.0110 e. The molecular formula is C13H30N2. The minimum absolute atomic E-state index is 0.606. The average molecular weight is 214 g/mol. The Morgan fingerprint density at radius 3 is 2.20 bits per heavy atom. The highest BCUT2D eigenvalue weighted by Crippen LogP contribution is 2.04. The second kappa shape index (κ2) is 9.17. The zero-order chi connectivity index (χ0) is 11.7. The molecule has 0 saturated carbocycles. The lowest BCUT2D eigenvalue weighted by molar-refractivity contribution is 0.200. The van der Waals surface area contributed by atoms with Gasteiger partial charge < -0.3 is 5.32 Å². The van der Waals surface area contributed by atoms with Crippen LogP contribution in [0.4, 0.5) is 0 Å². The first-order chi connectivity index (χ1) is 7.11. The largest absolute Gasteiger partial charge is 0.313 e. The van der Waals surface area contributed by atoms with E-state index < -0.39 is 0 Å². The van der Waals surface area contributed by atoms with Crippen molar-refractivity contribution in [3.05, 3.63) is 0 Å². The van der Waals surface area contributed by atoms with Gasteiger partial charge in [0.1, 0.15) is 0 Å². The van der Waals surface area contributed by atoms with Gasteiger partial charge in [-0.2, -0.15) is 0 Å². The lowest BCUT2D eigenvalue weighted by Gasteiger charge is -2.28. The first-order valence-corrected chi connectivity index (χ1v) is 6.59. The predicted octanol–water partition coefficient (Wildman–Crippen LogP) is 2.89. The van der Waals surface area contributed by atoms with Gasteiger partial charge in [0.15, 0.2) is 0 Å². The molecule has 0 aromatic rings. The van der Waals surface area contributed by atoms with Crippen molar-refractivity contribution in [1.82, 2.24) is 10.2 Å². The molecule has 2 heteroatoms. The van der Waals surface area contributed by atoms with Crippen LogP contribution in [0.5, 0.6) is 0 Å². The van der Waals surface area contributed by atoms with Gasteiger partial charge in [-0.25, -0.2) is 0 Å². The summed E-state index contributed by atoms with van der Waals surface area (Å²) < 4.78 is 0. The number of nitrogens with zero attached hydrogens (tertiary/aromatic N) is 1. The molecule has 1 N–H and O–H groups in total. The van der Waals surface area contributed by atoms with Gasteiger partial charge in [-0.1, -0.05) is 34.1 Å². The van der Waals surface area contributed by atoms with E-state index in [1.165, 1.54) is 32.4 Å². The Hall–Kier alpha value is -0.0800. The number of rotatable bonds is 9. The van der Waals surface area contributed by atoms with Crippen molar-refractivity contribution < 1.29 is 0 Å². The molecule has 0 saturated heterocycles. The van der Waals surface area contributed by atoms with Crippen molar-refractivity contribution in [2.45, 2.75) is 66.0 Å². The van der Waals surface area contributed by atoms with Crippen LogP contribution in [-0.2, 0) is 0 Å². The molecule has 92 valence electrons. The van der Waals surface area contributed by atoms with E-state index in [4.69, 9.17) is 0 Å².